The lowest BCUT2D eigenvalue weighted by molar-refractivity contribution is 0.0245. The molecule has 106 valence electrons. The Morgan fingerprint density at radius 1 is 1.37 bits per heavy atom. The van der Waals surface area contributed by atoms with Gasteiger partial charge >= 0.3 is 0 Å². The largest absolute Gasteiger partial charge is 0.388 e. The van der Waals surface area contributed by atoms with Crippen molar-refractivity contribution in [3.8, 4) is 0 Å². The average molecular weight is 264 g/mol. The van der Waals surface area contributed by atoms with E-state index in [1.54, 1.807) is 0 Å². The Kier molecular flexibility index (Phi) is 4.64. The van der Waals surface area contributed by atoms with Gasteiger partial charge in [0, 0.05) is 19.3 Å². The first-order chi connectivity index (χ1) is 9.14. The number of aromatic nitrogens is 1. The fourth-order valence-corrected chi connectivity index (χ4v) is 2.79. The minimum Gasteiger partial charge on any atom is -0.388 e. The molecule has 0 atom stereocenters. The van der Waals surface area contributed by atoms with Crippen molar-refractivity contribution in [2.45, 2.75) is 57.6 Å². The SMILES string of the molecule is CCn1cccc1C(=O)NCC1(O)CCCCCC1. The van der Waals surface area contributed by atoms with Crippen molar-refractivity contribution in [3.05, 3.63) is 24.0 Å². The fourth-order valence-electron chi connectivity index (χ4n) is 2.79. The van der Waals surface area contributed by atoms with Crippen LogP contribution in [0.15, 0.2) is 18.3 Å². The van der Waals surface area contributed by atoms with Crippen LogP contribution in [-0.2, 0) is 6.54 Å². The highest BCUT2D eigenvalue weighted by molar-refractivity contribution is 5.92. The van der Waals surface area contributed by atoms with Gasteiger partial charge in [0.15, 0.2) is 0 Å². The average Bonchev–Trinajstić information content (AvgIpc) is 2.79. The Balaban J connectivity index is 1.92. The van der Waals surface area contributed by atoms with Gasteiger partial charge in [-0.1, -0.05) is 25.7 Å². The zero-order chi connectivity index (χ0) is 13.7. The number of aliphatic hydroxyl groups is 1. The van der Waals surface area contributed by atoms with E-state index in [-0.39, 0.29) is 5.91 Å². The van der Waals surface area contributed by atoms with Crippen LogP contribution in [-0.4, -0.2) is 27.7 Å². The lowest BCUT2D eigenvalue weighted by Gasteiger charge is -2.26. The molecule has 1 heterocycles. The van der Waals surface area contributed by atoms with Gasteiger partial charge in [-0.3, -0.25) is 4.79 Å². The van der Waals surface area contributed by atoms with E-state index in [1.165, 1.54) is 12.8 Å². The molecule has 0 bridgehead atoms. The third kappa shape index (κ3) is 3.60. The predicted octanol–water partition coefficient (Wildman–Crippen LogP) is 2.32. The van der Waals surface area contributed by atoms with Gasteiger partial charge in [0.2, 0.25) is 0 Å². The van der Waals surface area contributed by atoms with Crippen LogP contribution in [0, 0.1) is 0 Å². The molecule has 2 rings (SSSR count). The third-order valence-corrected chi connectivity index (χ3v) is 4.02. The number of hydrogen-bond acceptors (Lipinski definition) is 2. The van der Waals surface area contributed by atoms with Gasteiger partial charge in [0.25, 0.3) is 5.91 Å². The summed E-state index contributed by atoms with van der Waals surface area (Å²) in [4.78, 5) is 12.1. The van der Waals surface area contributed by atoms with Crippen LogP contribution in [0.25, 0.3) is 0 Å². The van der Waals surface area contributed by atoms with E-state index in [0.717, 1.165) is 32.2 Å². The quantitative estimate of drug-likeness (QED) is 0.820. The molecular formula is C15H24N2O2. The van der Waals surface area contributed by atoms with Crippen molar-refractivity contribution in [2.24, 2.45) is 0 Å². The second-order valence-electron chi connectivity index (χ2n) is 5.50. The third-order valence-electron chi connectivity index (χ3n) is 4.02. The van der Waals surface area contributed by atoms with Gasteiger partial charge in [0.05, 0.1) is 5.60 Å². The molecule has 1 amide bonds. The number of amides is 1. The highest BCUT2D eigenvalue weighted by Gasteiger charge is 2.28. The summed E-state index contributed by atoms with van der Waals surface area (Å²) in [6.07, 6.45) is 7.97. The summed E-state index contributed by atoms with van der Waals surface area (Å²) in [5.74, 6) is -0.0930. The van der Waals surface area contributed by atoms with E-state index in [4.69, 9.17) is 0 Å². The van der Waals surface area contributed by atoms with Crippen LogP contribution in [0.1, 0.15) is 55.9 Å². The van der Waals surface area contributed by atoms with Crippen molar-refractivity contribution in [1.29, 1.82) is 0 Å². The van der Waals surface area contributed by atoms with Crippen molar-refractivity contribution in [3.63, 3.8) is 0 Å². The lowest BCUT2D eigenvalue weighted by atomic mass is 9.94. The van der Waals surface area contributed by atoms with E-state index < -0.39 is 5.60 Å². The number of nitrogens with one attached hydrogen (secondary N) is 1. The van der Waals surface area contributed by atoms with Crippen molar-refractivity contribution in [2.75, 3.05) is 6.54 Å². The molecule has 0 saturated heterocycles. The number of nitrogens with zero attached hydrogens (tertiary/aromatic N) is 1. The van der Waals surface area contributed by atoms with E-state index >= 15 is 0 Å². The summed E-state index contributed by atoms with van der Waals surface area (Å²) >= 11 is 0. The summed E-state index contributed by atoms with van der Waals surface area (Å²) in [7, 11) is 0. The number of carbonyl (C=O) groups is 1. The first kappa shape index (κ1) is 14.1. The molecular weight excluding hydrogens is 240 g/mol. The van der Waals surface area contributed by atoms with Gasteiger partial charge in [0.1, 0.15) is 5.69 Å². The molecule has 4 nitrogen and oxygen atoms in total. The molecule has 19 heavy (non-hydrogen) atoms. The monoisotopic (exact) mass is 264 g/mol. The summed E-state index contributed by atoms with van der Waals surface area (Å²) < 4.78 is 1.91. The molecule has 1 saturated carbocycles. The molecule has 4 heteroatoms. The Labute approximate surface area is 114 Å². The minimum atomic E-state index is -0.713. The number of aryl methyl sites for hydroxylation is 1. The zero-order valence-corrected chi connectivity index (χ0v) is 11.7. The molecule has 0 spiro atoms. The molecule has 2 N–H and O–H groups in total. The minimum absolute atomic E-state index is 0.0930. The molecule has 1 aromatic rings. The topological polar surface area (TPSA) is 54.3 Å². The standard InChI is InChI=1S/C15H24N2O2/c1-2-17-11-7-8-13(17)14(18)16-12-15(19)9-5-3-4-6-10-15/h7-8,11,19H,2-6,9-10,12H2,1H3,(H,16,18). The number of carbonyl (C=O) groups excluding carboxylic acids is 1. The Morgan fingerprint density at radius 2 is 2.05 bits per heavy atom. The van der Waals surface area contributed by atoms with Crippen LogP contribution in [0.3, 0.4) is 0 Å². The second-order valence-corrected chi connectivity index (χ2v) is 5.50. The van der Waals surface area contributed by atoms with Gasteiger partial charge < -0.3 is 15.0 Å². The fraction of sp³-hybridized carbons (Fsp3) is 0.667. The van der Waals surface area contributed by atoms with Gasteiger partial charge in [-0.15, -0.1) is 0 Å². The van der Waals surface area contributed by atoms with E-state index in [2.05, 4.69) is 5.32 Å². The van der Waals surface area contributed by atoms with E-state index in [9.17, 15) is 9.90 Å². The van der Waals surface area contributed by atoms with Gasteiger partial charge in [-0.25, -0.2) is 0 Å². The Hall–Kier alpha value is -1.29. The van der Waals surface area contributed by atoms with Crippen LogP contribution < -0.4 is 5.32 Å². The molecule has 1 aromatic heterocycles. The van der Waals surface area contributed by atoms with Gasteiger partial charge in [-0.05, 0) is 31.9 Å². The summed E-state index contributed by atoms with van der Waals surface area (Å²) in [5.41, 5.74) is -0.0461. The van der Waals surface area contributed by atoms with Crippen molar-refractivity contribution < 1.29 is 9.90 Å². The van der Waals surface area contributed by atoms with Crippen LogP contribution in [0.2, 0.25) is 0 Å². The number of rotatable bonds is 4. The highest BCUT2D eigenvalue weighted by Crippen LogP contribution is 2.26. The molecule has 1 aliphatic rings. The zero-order valence-electron chi connectivity index (χ0n) is 11.7. The molecule has 1 aliphatic carbocycles. The summed E-state index contributed by atoms with van der Waals surface area (Å²) in [6.45, 7) is 3.15. The molecule has 1 fully saturated rings. The van der Waals surface area contributed by atoms with Crippen LogP contribution >= 0.6 is 0 Å². The maximum atomic E-state index is 12.1. The van der Waals surface area contributed by atoms with Crippen molar-refractivity contribution in [1.82, 2.24) is 9.88 Å². The maximum absolute atomic E-state index is 12.1. The maximum Gasteiger partial charge on any atom is 0.268 e. The molecule has 0 aliphatic heterocycles. The predicted molar refractivity (Wildman–Crippen MR) is 75.1 cm³/mol. The highest BCUT2D eigenvalue weighted by atomic mass is 16.3. The summed E-state index contributed by atoms with van der Waals surface area (Å²) in [6, 6.07) is 3.69. The molecule has 0 unspecified atom stereocenters. The Bertz CT molecular complexity index is 418. The normalized spacial score (nSPS) is 18.8. The van der Waals surface area contributed by atoms with Crippen molar-refractivity contribution >= 4 is 5.91 Å². The smallest absolute Gasteiger partial charge is 0.268 e. The first-order valence-corrected chi connectivity index (χ1v) is 7.30. The molecule has 0 radical (unpaired) electrons. The van der Waals surface area contributed by atoms with Gasteiger partial charge in [-0.2, -0.15) is 0 Å². The van der Waals surface area contributed by atoms with E-state index in [1.807, 2.05) is 29.8 Å². The lowest BCUT2D eigenvalue weighted by Crippen LogP contribution is -2.43. The summed E-state index contributed by atoms with van der Waals surface area (Å²) in [5, 5.41) is 13.4. The second kappa shape index (κ2) is 6.24. The van der Waals surface area contributed by atoms with Crippen LogP contribution in [0.5, 0.6) is 0 Å². The Morgan fingerprint density at radius 3 is 2.68 bits per heavy atom. The number of hydrogen-bond donors (Lipinski definition) is 2. The first-order valence-electron chi connectivity index (χ1n) is 7.30. The molecule has 0 aromatic carbocycles. The van der Waals surface area contributed by atoms with E-state index in [0.29, 0.717) is 12.2 Å². The van der Waals surface area contributed by atoms with Crippen LogP contribution in [0.4, 0.5) is 0 Å².